The van der Waals surface area contributed by atoms with Crippen LogP contribution < -0.4 is 10.2 Å². The van der Waals surface area contributed by atoms with Crippen LogP contribution in [0.25, 0.3) is 10.2 Å². The van der Waals surface area contributed by atoms with Crippen molar-refractivity contribution in [3.05, 3.63) is 59.1 Å². The number of piperidine rings is 1. The summed E-state index contributed by atoms with van der Waals surface area (Å²) in [4.78, 5) is 9.85. The maximum atomic E-state index is 6.79. The molecule has 2 saturated heterocycles. The number of nitrogens with one attached hydrogen (secondary N) is 1. The number of para-hydroxylation sites is 1. The summed E-state index contributed by atoms with van der Waals surface area (Å²) in [7, 11) is 4.25. The van der Waals surface area contributed by atoms with Gasteiger partial charge in [-0.1, -0.05) is 24.3 Å². The molecular weight excluding hydrogens is 404 g/mol. The van der Waals surface area contributed by atoms with E-state index in [0.717, 1.165) is 49.5 Å². The van der Waals surface area contributed by atoms with Gasteiger partial charge in [-0.25, -0.2) is 4.98 Å². The first kappa shape index (κ1) is 20.9. The molecule has 2 atom stereocenters. The van der Waals surface area contributed by atoms with Crippen molar-refractivity contribution in [2.75, 3.05) is 45.2 Å². The summed E-state index contributed by atoms with van der Waals surface area (Å²) in [6, 6.07) is 17.9. The molecule has 2 aliphatic heterocycles. The summed E-state index contributed by atoms with van der Waals surface area (Å²) in [6.07, 6.45) is 3.50. The van der Waals surface area contributed by atoms with Crippen LogP contribution in [0.5, 0.6) is 0 Å². The summed E-state index contributed by atoms with van der Waals surface area (Å²) in [5.41, 5.74) is 3.56. The van der Waals surface area contributed by atoms with Gasteiger partial charge >= 0.3 is 0 Å². The molecule has 0 aliphatic carbocycles. The van der Waals surface area contributed by atoms with E-state index in [-0.39, 0.29) is 12.2 Å². The normalized spacial score (nSPS) is 21.7. The number of likely N-dealkylation sites (tertiary alicyclic amines) is 1. The number of likely N-dealkylation sites (N-methyl/N-ethyl adjacent to an activating group) is 1. The van der Waals surface area contributed by atoms with Crippen LogP contribution in [0.15, 0.2) is 48.5 Å². The van der Waals surface area contributed by atoms with Gasteiger partial charge in [-0.2, -0.15) is 0 Å². The molecule has 1 aromatic heterocycles. The molecule has 0 amide bonds. The zero-order chi connectivity index (χ0) is 21.2. The monoisotopic (exact) mass is 436 g/mol. The Labute approximate surface area is 189 Å². The molecule has 3 aromatic rings. The minimum atomic E-state index is -0.117. The zero-order valence-electron chi connectivity index (χ0n) is 18.5. The Kier molecular flexibility index (Phi) is 6.23. The first-order valence-corrected chi connectivity index (χ1v) is 12.2. The van der Waals surface area contributed by atoms with Gasteiger partial charge in [0.25, 0.3) is 0 Å². The van der Waals surface area contributed by atoms with Crippen LogP contribution in [-0.2, 0) is 4.74 Å². The van der Waals surface area contributed by atoms with Crippen LogP contribution in [0.3, 0.4) is 0 Å². The molecule has 6 heteroatoms. The second-order valence-corrected chi connectivity index (χ2v) is 9.92. The van der Waals surface area contributed by atoms with Gasteiger partial charge < -0.3 is 19.9 Å². The maximum Gasteiger partial charge on any atom is 0.134 e. The van der Waals surface area contributed by atoms with E-state index in [4.69, 9.17) is 9.72 Å². The summed E-state index contributed by atoms with van der Waals surface area (Å²) in [6.45, 7) is 4.34. The minimum absolute atomic E-state index is 0.117. The molecule has 31 heavy (non-hydrogen) atoms. The number of benzene rings is 2. The number of anilines is 1. The van der Waals surface area contributed by atoms with Gasteiger partial charge in [-0.3, -0.25) is 0 Å². The highest BCUT2D eigenvalue weighted by atomic mass is 32.1. The molecular formula is C25H32N4OS. The van der Waals surface area contributed by atoms with Crippen molar-refractivity contribution in [2.24, 2.45) is 0 Å². The molecule has 0 spiro atoms. The Morgan fingerprint density at radius 1 is 1.06 bits per heavy atom. The van der Waals surface area contributed by atoms with Gasteiger partial charge in [0.05, 0.1) is 16.3 Å². The van der Waals surface area contributed by atoms with E-state index in [1.165, 1.54) is 22.4 Å². The van der Waals surface area contributed by atoms with E-state index < -0.39 is 0 Å². The molecule has 5 nitrogen and oxygen atoms in total. The van der Waals surface area contributed by atoms with Gasteiger partial charge in [0, 0.05) is 37.9 Å². The van der Waals surface area contributed by atoms with Crippen molar-refractivity contribution in [1.82, 2.24) is 15.2 Å². The van der Waals surface area contributed by atoms with Crippen LogP contribution in [-0.4, -0.2) is 62.3 Å². The topological polar surface area (TPSA) is 40.6 Å². The molecule has 2 aromatic carbocycles. The Bertz CT molecular complexity index is 980. The fourth-order valence-electron chi connectivity index (χ4n) is 4.71. The van der Waals surface area contributed by atoms with E-state index in [9.17, 15) is 0 Å². The molecule has 2 unspecified atom stereocenters. The lowest BCUT2D eigenvalue weighted by Crippen LogP contribution is -2.35. The fourth-order valence-corrected chi connectivity index (χ4v) is 5.74. The molecule has 164 valence electrons. The number of fused-ring (bicyclic) bond motifs is 1. The van der Waals surface area contributed by atoms with Crippen molar-refractivity contribution < 1.29 is 4.74 Å². The lowest BCUT2D eigenvalue weighted by Gasteiger charge is -2.31. The average molecular weight is 437 g/mol. The molecule has 0 saturated carbocycles. The lowest BCUT2D eigenvalue weighted by atomic mass is 10.1. The maximum absolute atomic E-state index is 6.79. The van der Waals surface area contributed by atoms with Crippen LogP contribution in [0.1, 0.15) is 35.9 Å². The molecule has 0 bridgehead atoms. The van der Waals surface area contributed by atoms with Crippen LogP contribution in [0, 0.1) is 0 Å². The Morgan fingerprint density at radius 2 is 1.90 bits per heavy atom. The van der Waals surface area contributed by atoms with Gasteiger partial charge in [0.2, 0.25) is 0 Å². The van der Waals surface area contributed by atoms with Crippen molar-refractivity contribution in [3.8, 4) is 0 Å². The largest absolute Gasteiger partial charge is 0.370 e. The number of rotatable bonds is 6. The summed E-state index contributed by atoms with van der Waals surface area (Å²) < 4.78 is 8.02. The number of aromatic nitrogens is 1. The third-order valence-electron chi connectivity index (χ3n) is 6.66. The van der Waals surface area contributed by atoms with E-state index in [1.54, 1.807) is 11.3 Å². The smallest absolute Gasteiger partial charge is 0.134 e. The Hall–Kier alpha value is -1.99. The summed E-state index contributed by atoms with van der Waals surface area (Å²) in [5.74, 6) is 0. The van der Waals surface area contributed by atoms with Crippen LogP contribution >= 0.6 is 11.3 Å². The van der Waals surface area contributed by atoms with E-state index >= 15 is 0 Å². The Morgan fingerprint density at radius 3 is 2.68 bits per heavy atom. The number of ether oxygens (including phenoxy) is 1. The number of hydrogen-bond acceptors (Lipinski definition) is 6. The van der Waals surface area contributed by atoms with Crippen molar-refractivity contribution in [3.63, 3.8) is 0 Å². The molecule has 5 rings (SSSR count). The first-order valence-electron chi connectivity index (χ1n) is 11.4. The van der Waals surface area contributed by atoms with Crippen molar-refractivity contribution in [2.45, 2.75) is 37.5 Å². The highest BCUT2D eigenvalue weighted by Crippen LogP contribution is 2.36. The van der Waals surface area contributed by atoms with E-state index in [0.29, 0.717) is 6.04 Å². The molecule has 1 N–H and O–H groups in total. The highest BCUT2D eigenvalue weighted by molar-refractivity contribution is 7.18. The number of hydrogen-bond donors (Lipinski definition) is 1. The van der Waals surface area contributed by atoms with Gasteiger partial charge in [0.15, 0.2) is 0 Å². The number of thiazole rings is 1. The second kappa shape index (κ2) is 9.25. The quantitative estimate of drug-likeness (QED) is 0.624. The third-order valence-corrected chi connectivity index (χ3v) is 7.74. The summed E-state index contributed by atoms with van der Waals surface area (Å²) in [5, 5.41) is 4.48. The van der Waals surface area contributed by atoms with Crippen molar-refractivity contribution >= 4 is 27.2 Å². The summed E-state index contributed by atoms with van der Waals surface area (Å²) >= 11 is 1.76. The van der Waals surface area contributed by atoms with Gasteiger partial charge in [-0.05, 0) is 63.2 Å². The van der Waals surface area contributed by atoms with Gasteiger partial charge in [0.1, 0.15) is 11.1 Å². The van der Waals surface area contributed by atoms with Crippen LogP contribution in [0.2, 0.25) is 0 Å². The van der Waals surface area contributed by atoms with E-state index in [2.05, 4.69) is 77.7 Å². The first-order chi connectivity index (χ1) is 15.2. The SMILES string of the molecule is CNC1CCN(c2cccc(C(OC3CCN(C)CC3)c3nc4ccccc4s3)c2)C1. The fraction of sp³-hybridized carbons (Fsp3) is 0.480. The minimum Gasteiger partial charge on any atom is -0.370 e. The molecule has 2 fully saturated rings. The second-order valence-electron chi connectivity index (χ2n) is 8.85. The number of nitrogens with zero attached hydrogens (tertiary/aromatic N) is 3. The highest BCUT2D eigenvalue weighted by Gasteiger charge is 2.27. The standard InChI is InChI=1S/C25H32N4OS/c1-26-19-10-15-29(17-19)20-7-5-6-18(16-20)24(30-21-11-13-28(2)14-12-21)25-27-22-8-3-4-9-23(22)31-25/h3-9,16,19,21,24,26H,10-15,17H2,1-2H3. The predicted octanol–water partition coefficient (Wildman–Crippen LogP) is 4.29. The molecule has 2 aliphatic rings. The third kappa shape index (κ3) is 4.62. The van der Waals surface area contributed by atoms with E-state index in [1.807, 2.05) is 0 Å². The van der Waals surface area contributed by atoms with Crippen molar-refractivity contribution in [1.29, 1.82) is 0 Å². The molecule has 0 radical (unpaired) electrons. The van der Waals surface area contributed by atoms with Crippen LogP contribution in [0.4, 0.5) is 5.69 Å². The Balaban J connectivity index is 1.46. The molecule has 3 heterocycles. The zero-order valence-corrected chi connectivity index (χ0v) is 19.3. The lowest BCUT2D eigenvalue weighted by molar-refractivity contribution is -0.0234. The average Bonchev–Trinajstić information content (AvgIpc) is 3.46. The predicted molar refractivity (Wildman–Crippen MR) is 129 cm³/mol. The van der Waals surface area contributed by atoms with Gasteiger partial charge in [-0.15, -0.1) is 11.3 Å².